The Morgan fingerprint density at radius 3 is 2.35 bits per heavy atom. The number of hydrogen-bond donors (Lipinski definition) is 3. The van der Waals surface area contributed by atoms with Gasteiger partial charge in [0.15, 0.2) is 6.61 Å². The van der Waals surface area contributed by atoms with E-state index in [0.29, 0.717) is 5.69 Å². The predicted octanol–water partition coefficient (Wildman–Crippen LogP) is 3.07. The first-order valence-corrected chi connectivity index (χ1v) is 10.0. The van der Waals surface area contributed by atoms with Crippen molar-refractivity contribution in [3.05, 3.63) is 64.2 Å². The maximum atomic E-state index is 11.9. The Hall–Kier alpha value is -3.39. The lowest BCUT2D eigenvalue weighted by atomic mass is 10.1. The fraction of sp³-hybridized carbons (Fsp3) is 0.273. The quantitative estimate of drug-likeness (QED) is 0.427. The van der Waals surface area contributed by atoms with Crippen LogP contribution in [0.4, 0.5) is 5.69 Å². The molecule has 0 atom stereocenters. The number of halogens is 1. The summed E-state index contributed by atoms with van der Waals surface area (Å²) >= 11 is 5.91. The third kappa shape index (κ3) is 8.10. The molecular weight excluding hydrogens is 422 g/mol. The number of anilines is 1. The zero-order chi connectivity index (χ0) is 22.8. The lowest BCUT2D eigenvalue weighted by molar-refractivity contribution is -0.147. The van der Waals surface area contributed by atoms with Gasteiger partial charge in [-0.05, 0) is 55.7 Å². The molecule has 0 aromatic heterocycles. The highest BCUT2D eigenvalue weighted by Crippen LogP contribution is 2.15. The lowest BCUT2D eigenvalue weighted by Crippen LogP contribution is -2.41. The molecule has 8 nitrogen and oxygen atoms in total. The highest BCUT2D eigenvalue weighted by molar-refractivity contribution is 6.33. The average Bonchev–Trinajstić information content (AvgIpc) is 2.73. The van der Waals surface area contributed by atoms with Crippen molar-refractivity contribution in [3.63, 3.8) is 0 Å². The smallest absolute Gasteiger partial charge is 0.306 e. The molecular formula is C22H24ClN3O5. The molecule has 0 aliphatic rings. The van der Waals surface area contributed by atoms with Crippen LogP contribution in [0.15, 0.2) is 42.5 Å². The Morgan fingerprint density at radius 2 is 1.65 bits per heavy atom. The minimum atomic E-state index is -0.594. The van der Waals surface area contributed by atoms with Crippen molar-refractivity contribution >= 4 is 41.0 Å². The molecule has 0 aliphatic carbocycles. The van der Waals surface area contributed by atoms with Gasteiger partial charge in [0.1, 0.15) is 0 Å². The molecule has 2 aromatic carbocycles. The van der Waals surface area contributed by atoms with Gasteiger partial charge in [-0.25, -0.2) is 0 Å². The van der Waals surface area contributed by atoms with Crippen molar-refractivity contribution in [1.82, 2.24) is 10.9 Å². The number of esters is 1. The van der Waals surface area contributed by atoms with Crippen LogP contribution in [-0.2, 0) is 19.1 Å². The number of amides is 3. The van der Waals surface area contributed by atoms with Crippen molar-refractivity contribution in [1.29, 1.82) is 0 Å². The van der Waals surface area contributed by atoms with E-state index in [1.54, 1.807) is 24.3 Å². The molecule has 0 aliphatic heterocycles. The third-order valence-corrected chi connectivity index (χ3v) is 4.70. The van der Waals surface area contributed by atoms with Crippen molar-refractivity contribution in [2.24, 2.45) is 0 Å². The number of nitrogens with one attached hydrogen (secondary N) is 3. The first kappa shape index (κ1) is 23.9. The fourth-order valence-corrected chi connectivity index (χ4v) is 2.75. The monoisotopic (exact) mass is 445 g/mol. The Morgan fingerprint density at radius 1 is 0.903 bits per heavy atom. The van der Waals surface area contributed by atoms with E-state index in [1.807, 2.05) is 26.0 Å². The summed E-state index contributed by atoms with van der Waals surface area (Å²) in [5, 5.41) is 2.92. The molecule has 0 heterocycles. The van der Waals surface area contributed by atoms with Gasteiger partial charge in [-0.1, -0.05) is 29.8 Å². The van der Waals surface area contributed by atoms with Crippen molar-refractivity contribution < 1.29 is 23.9 Å². The van der Waals surface area contributed by atoms with E-state index in [2.05, 4.69) is 16.2 Å². The van der Waals surface area contributed by atoms with E-state index in [9.17, 15) is 19.2 Å². The SMILES string of the molecule is Cc1ccc(NC(=O)COC(=O)CCCC(=O)NNC(=O)c2ccccc2Cl)cc1C. The van der Waals surface area contributed by atoms with Crippen LogP contribution in [-0.4, -0.2) is 30.3 Å². The molecule has 0 spiro atoms. The Kier molecular flexibility index (Phi) is 9.02. The standard InChI is InChI=1S/C22H24ClN3O5/c1-14-10-11-16(12-15(14)2)24-20(28)13-31-21(29)9-5-8-19(27)25-26-22(30)17-6-3-4-7-18(17)23/h3-4,6-7,10-12H,5,8-9,13H2,1-2H3,(H,24,28)(H,25,27)(H,26,30). The molecule has 0 unspecified atom stereocenters. The van der Waals surface area contributed by atoms with E-state index in [0.717, 1.165) is 11.1 Å². The second kappa shape index (κ2) is 11.7. The van der Waals surface area contributed by atoms with Gasteiger partial charge in [0.25, 0.3) is 11.8 Å². The number of carbonyl (C=O) groups is 4. The summed E-state index contributed by atoms with van der Waals surface area (Å²) in [5.41, 5.74) is 7.51. The molecule has 0 saturated carbocycles. The summed E-state index contributed by atoms with van der Waals surface area (Å²) in [5.74, 6) is -2.06. The highest BCUT2D eigenvalue weighted by atomic mass is 35.5. The summed E-state index contributed by atoms with van der Waals surface area (Å²) in [6.45, 7) is 3.49. The van der Waals surface area contributed by atoms with Gasteiger partial charge in [-0.3, -0.25) is 30.0 Å². The number of benzene rings is 2. The van der Waals surface area contributed by atoms with Crippen molar-refractivity contribution in [2.45, 2.75) is 33.1 Å². The van der Waals surface area contributed by atoms with E-state index >= 15 is 0 Å². The molecule has 9 heteroatoms. The van der Waals surface area contributed by atoms with Gasteiger partial charge in [0.2, 0.25) is 5.91 Å². The Bertz CT molecular complexity index is 977. The van der Waals surface area contributed by atoms with Crippen LogP contribution in [0.3, 0.4) is 0 Å². The summed E-state index contributed by atoms with van der Waals surface area (Å²) < 4.78 is 4.91. The number of ether oxygens (including phenoxy) is 1. The Balaban J connectivity index is 1.62. The van der Waals surface area contributed by atoms with Crippen LogP contribution in [0, 0.1) is 13.8 Å². The van der Waals surface area contributed by atoms with Crippen LogP contribution in [0.1, 0.15) is 40.7 Å². The first-order valence-electron chi connectivity index (χ1n) is 9.62. The summed E-state index contributed by atoms with van der Waals surface area (Å²) in [6, 6.07) is 11.9. The van der Waals surface area contributed by atoms with Crippen LogP contribution in [0.25, 0.3) is 0 Å². The highest BCUT2D eigenvalue weighted by Gasteiger charge is 2.12. The van der Waals surface area contributed by atoms with Crippen molar-refractivity contribution in [2.75, 3.05) is 11.9 Å². The van der Waals surface area contributed by atoms with Gasteiger partial charge in [-0.2, -0.15) is 0 Å². The van der Waals surface area contributed by atoms with Crippen LogP contribution in [0.5, 0.6) is 0 Å². The minimum Gasteiger partial charge on any atom is -0.456 e. The van der Waals surface area contributed by atoms with Crippen LogP contribution < -0.4 is 16.2 Å². The fourth-order valence-electron chi connectivity index (χ4n) is 2.53. The van der Waals surface area contributed by atoms with Gasteiger partial charge < -0.3 is 10.1 Å². The summed E-state index contributed by atoms with van der Waals surface area (Å²) in [6.07, 6.45) is 0.154. The number of hydrogen-bond acceptors (Lipinski definition) is 5. The number of hydrazine groups is 1. The molecule has 3 amide bonds. The molecule has 164 valence electrons. The van der Waals surface area contributed by atoms with Crippen LogP contribution >= 0.6 is 11.6 Å². The number of rotatable bonds is 8. The van der Waals surface area contributed by atoms with E-state index in [1.165, 1.54) is 6.07 Å². The van der Waals surface area contributed by atoms with E-state index in [4.69, 9.17) is 16.3 Å². The molecule has 0 fully saturated rings. The van der Waals surface area contributed by atoms with Gasteiger partial charge in [-0.15, -0.1) is 0 Å². The molecule has 3 N–H and O–H groups in total. The second-order valence-electron chi connectivity index (χ2n) is 6.84. The van der Waals surface area contributed by atoms with Gasteiger partial charge in [0, 0.05) is 18.5 Å². The predicted molar refractivity (Wildman–Crippen MR) is 116 cm³/mol. The number of aryl methyl sites for hydroxylation is 2. The normalized spacial score (nSPS) is 10.2. The summed E-state index contributed by atoms with van der Waals surface area (Å²) in [7, 11) is 0. The maximum Gasteiger partial charge on any atom is 0.306 e. The van der Waals surface area contributed by atoms with Gasteiger partial charge in [0.05, 0.1) is 10.6 Å². The largest absolute Gasteiger partial charge is 0.456 e. The molecule has 31 heavy (non-hydrogen) atoms. The molecule has 0 radical (unpaired) electrons. The molecule has 0 saturated heterocycles. The second-order valence-corrected chi connectivity index (χ2v) is 7.25. The average molecular weight is 446 g/mol. The topological polar surface area (TPSA) is 114 Å². The number of carbonyl (C=O) groups excluding carboxylic acids is 4. The van der Waals surface area contributed by atoms with E-state index < -0.39 is 30.3 Å². The lowest BCUT2D eigenvalue weighted by Gasteiger charge is -2.09. The van der Waals surface area contributed by atoms with E-state index in [-0.39, 0.29) is 29.8 Å². The summed E-state index contributed by atoms with van der Waals surface area (Å²) in [4.78, 5) is 47.4. The molecule has 0 bridgehead atoms. The first-order chi connectivity index (χ1) is 14.8. The van der Waals surface area contributed by atoms with Crippen molar-refractivity contribution in [3.8, 4) is 0 Å². The zero-order valence-electron chi connectivity index (χ0n) is 17.3. The molecule has 2 rings (SSSR count). The molecule has 2 aromatic rings. The maximum absolute atomic E-state index is 11.9. The third-order valence-electron chi connectivity index (χ3n) is 4.37. The van der Waals surface area contributed by atoms with Gasteiger partial charge >= 0.3 is 5.97 Å². The minimum absolute atomic E-state index is 0.00720. The van der Waals surface area contributed by atoms with Crippen LogP contribution in [0.2, 0.25) is 5.02 Å². The zero-order valence-corrected chi connectivity index (χ0v) is 18.0. The Labute approximate surface area is 185 Å².